The number of esters is 1. The predicted octanol–water partition coefficient (Wildman–Crippen LogP) is 8.07. The highest BCUT2D eigenvalue weighted by Crippen LogP contribution is 2.58. The number of carbonyl (C=O) groups is 3. The van der Waals surface area contributed by atoms with E-state index in [1.807, 2.05) is 6.92 Å². The van der Waals surface area contributed by atoms with Crippen molar-refractivity contribution in [2.24, 2.45) is 29.6 Å². The third-order valence-electron chi connectivity index (χ3n) is 12.1. The molecule has 6 rings (SSSR count). The van der Waals surface area contributed by atoms with E-state index in [2.05, 4.69) is 26.8 Å². The summed E-state index contributed by atoms with van der Waals surface area (Å²) in [5, 5.41) is 0. The van der Waals surface area contributed by atoms with Crippen LogP contribution in [0.15, 0.2) is 64.5 Å². The normalized spacial score (nSPS) is 37.9. The van der Waals surface area contributed by atoms with Gasteiger partial charge in [-0.1, -0.05) is 76.6 Å². The number of rotatable bonds is 4. The van der Waals surface area contributed by atoms with E-state index in [0.717, 1.165) is 13.5 Å². The van der Waals surface area contributed by atoms with E-state index >= 15 is 13.2 Å². The van der Waals surface area contributed by atoms with Gasteiger partial charge in [-0.2, -0.15) is 13.2 Å². The number of hydrogen-bond acceptors (Lipinski definition) is 9. The highest BCUT2D eigenvalue weighted by molar-refractivity contribution is 6.50. The van der Waals surface area contributed by atoms with Gasteiger partial charge in [0.05, 0.1) is 12.2 Å². The van der Waals surface area contributed by atoms with Gasteiger partial charge >= 0.3 is 12.1 Å². The van der Waals surface area contributed by atoms with Gasteiger partial charge in [-0.05, 0) is 65.2 Å². The van der Waals surface area contributed by atoms with Gasteiger partial charge in [0.1, 0.15) is 11.9 Å². The van der Waals surface area contributed by atoms with Crippen LogP contribution in [0.5, 0.6) is 0 Å². The van der Waals surface area contributed by atoms with E-state index in [9.17, 15) is 14.4 Å². The second kappa shape index (κ2) is 14.3. The molecule has 3 saturated heterocycles. The summed E-state index contributed by atoms with van der Waals surface area (Å²) in [7, 11) is 0.824. The maximum Gasteiger partial charge on any atom is 0.432 e. The van der Waals surface area contributed by atoms with Gasteiger partial charge in [-0.15, -0.1) is 0 Å². The summed E-state index contributed by atoms with van der Waals surface area (Å²) in [4.78, 5) is 42.3. The van der Waals surface area contributed by atoms with Gasteiger partial charge in [0, 0.05) is 47.1 Å². The standard InChI is InChI=1S/C42H53F3O9/c1-21-16-17-29-25(5)34(51-38(48)40(49-10,42(43,44)45)28-14-12-11-13-15-28)27(7)35(50-29)30-31-36(26(6)32(46)33(30)47)52-41(37(31)53-39(8,9)54-41)24(4)20-23(3)19-22(2)18-21/h11-15,18,21,23-25,27,29,34-35,37H,16-17,19-20H2,1-10H3/b22-18+/t21-,23+,24-,25-,27+,29+,34-,35+,37+,40-,41+/m0/s1. The van der Waals surface area contributed by atoms with Crippen LogP contribution in [-0.2, 0) is 48.4 Å². The van der Waals surface area contributed by atoms with Crippen molar-refractivity contribution in [3.05, 3.63) is 70.0 Å². The Hall–Kier alpha value is -3.32. The molecule has 11 atom stereocenters. The molecule has 0 radical (unpaired) electrons. The zero-order valence-electron chi connectivity index (χ0n) is 32.8. The van der Waals surface area contributed by atoms with Gasteiger partial charge < -0.3 is 28.4 Å². The number of alkyl halides is 3. The number of benzene rings is 1. The molecule has 0 saturated carbocycles. The van der Waals surface area contributed by atoms with Crippen LogP contribution in [0.4, 0.5) is 13.2 Å². The Kier molecular flexibility index (Phi) is 10.7. The number of Topliss-reactive ketones (excluding diaryl/α,β-unsaturated/α-hetero) is 2. The second-order valence-corrected chi connectivity index (χ2v) is 16.7. The van der Waals surface area contributed by atoms with Gasteiger partial charge in [-0.3, -0.25) is 9.59 Å². The van der Waals surface area contributed by atoms with Crippen molar-refractivity contribution in [1.82, 2.24) is 0 Å². The molecule has 0 amide bonds. The van der Waals surface area contributed by atoms with Crippen molar-refractivity contribution < 1.29 is 56.0 Å². The molecule has 12 heteroatoms. The molecule has 0 N–H and O–H groups in total. The first kappa shape index (κ1) is 40.3. The number of methoxy groups -OCH3 is 1. The van der Waals surface area contributed by atoms with Crippen LogP contribution < -0.4 is 0 Å². The molecule has 1 aromatic rings. The Bertz CT molecular complexity index is 1760. The molecular weight excluding hydrogens is 705 g/mol. The molecule has 3 fully saturated rings. The minimum Gasteiger partial charge on any atom is -0.459 e. The summed E-state index contributed by atoms with van der Waals surface area (Å²) in [6.07, 6.45) is -4.36. The molecule has 1 aromatic carbocycles. The Morgan fingerprint density at radius 1 is 0.926 bits per heavy atom. The Morgan fingerprint density at radius 2 is 1.59 bits per heavy atom. The number of fused-ring (bicyclic) bond motifs is 3. The number of carbonyl (C=O) groups excluding carboxylic acids is 3. The average molecular weight is 759 g/mol. The van der Waals surface area contributed by atoms with Gasteiger partial charge in [-0.25, -0.2) is 4.79 Å². The summed E-state index contributed by atoms with van der Waals surface area (Å²) in [6.45, 7) is 16.9. The van der Waals surface area contributed by atoms with Crippen molar-refractivity contribution in [2.45, 2.75) is 136 Å². The Labute approximate surface area is 315 Å². The predicted molar refractivity (Wildman–Crippen MR) is 191 cm³/mol. The fourth-order valence-electron chi connectivity index (χ4n) is 9.53. The summed E-state index contributed by atoms with van der Waals surface area (Å²) in [5.41, 5.74) is -2.22. The third-order valence-corrected chi connectivity index (χ3v) is 12.1. The number of allylic oxidation sites excluding steroid dienone is 3. The van der Waals surface area contributed by atoms with E-state index in [-0.39, 0.29) is 34.7 Å². The maximum absolute atomic E-state index is 15.1. The maximum atomic E-state index is 15.1. The zero-order chi connectivity index (χ0) is 39.7. The van der Waals surface area contributed by atoms with E-state index in [1.165, 1.54) is 42.8 Å². The van der Waals surface area contributed by atoms with E-state index < -0.39 is 82.7 Å². The van der Waals surface area contributed by atoms with Crippen molar-refractivity contribution in [2.75, 3.05) is 7.11 Å². The average Bonchev–Trinajstić information content (AvgIpc) is 3.54. The largest absolute Gasteiger partial charge is 0.459 e. The lowest BCUT2D eigenvalue weighted by molar-refractivity contribution is -0.283. The minimum absolute atomic E-state index is 0.00718. The first-order valence-corrected chi connectivity index (χ1v) is 19.0. The molecule has 5 aliphatic rings. The van der Waals surface area contributed by atoms with E-state index in [0.29, 0.717) is 24.8 Å². The molecule has 0 unspecified atom stereocenters. The molecule has 4 aliphatic heterocycles. The summed E-state index contributed by atoms with van der Waals surface area (Å²) >= 11 is 0. The van der Waals surface area contributed by atoms with Gasteiger partial charge in [0.2, 0.25) is 17.4 Å². The smallest absolute Gasteiger partial charge is 0.432 e. The molecule has 4 bridgehead atoms. The molecule has 0 aromatic heterocycles. The SMILES string of the molecule is CO[C@](C(=O)O[C@H]1[C@@H](C)[C@H]2CC[C@H](C)/C=C(\C)C[C@@H](C)C[C@H](C)[C@]34OC5=C(C)C(=O)C(=O)C(=C5[C@H]3OC(C)(C)O4)[C@H](O2)[C@@H]1C)(c1ccccc1)C(F)(F)F. The summed E-state index contributed by atoms with van der Waals surface area (Å²) in [5.74, 6) is -7.02. The van der Waals surface area contributed by atoms with E-state index in [1.54, 1.807) is 27.7 Å². The van der Waals surface area contributed by atoms with Crippen molar-refractivity contribution in [3.8, 4) is 0 Å². The number of ketones is 2. The van der Waals surface area contributed by atoms with Crippen molar-refractivity contribution in [3.63, 3.8) is 0 Å². The van der Waals surface area contributed by atoms with E-state index in [4.69, 9.17) is 28.4 Å². The topological polar surface area (TPSA) is 107 Å². The van der Waals surface area contributed by atoms with Crippen molar-refractivity contribution >= 4 is 17.5 Å². The summed E-state index contributed by atoms with van der Waals surface area (Å²) in [6, 6.07) is 6.65. The van der Waals surface area contributed by atoms with Crippen LogP contribution in [0.2, 0.25) is 0 Å². The van der Waals surface area contributed by atoms with Crippen LogP contribution in [-0.4, -0.2) is 66.8 Å². The number of hydrogen-bond donors (Lipinski definition) is 0. The first-order chi connectivity index (χ1) is 25.2. The zero-order valence-corrected chi connectivity index (χ0v) is 32.8. The lowest BCUT2D eigenvalue weighted by Crippen LogP contribution is -2.57. The van der Waals surface area contributed by atoms with Crippen molar-refractivity contribution in [1.29, 1.82) is 0 Å². The quantitative estimate of drug-likeness (QED) is 0.130. The fourth-order valence-corrected chi connectivity index (χ4v) is 9.53. The molecular formula is C42H53F3O9. The lowest BCUT2D eigenvalue weighted by Gasteiger charge is -2.46. The van der Waals surface area contributed by atoms with Gasteiger partial charge in [0.15, 0.2) is 11.9 Å². The monoisotopic (exact) mass is 758 g/mol. The lowest BCUT2D eigenvalue weighted by atomic mass is 9.73. The van der Waals surface area contributed by atoms with Crippen LogP contribution in [0.1, 0.15) is 93.6 Å². The Morgan fingerprint density at radius 3 is 2.22 bits per heavy atom. The van der Waals surface area contributed by atoms with Crippen LogP contribution in [0.3, 0.4) is 0 Å². The van der Waals surface area contributed by atoms with Crippen LogP contribution in [0, 0.1) is 29.6 Å². The fraction of sp³-hybridized carbons (Fsp3) is 0.643. The molecule has 0 spiro atoms. The molecule has 9 nitrogen and oxygen atoms in total. The molecule has 4 heterocycles. The third kappa shape index (κ3) is 6.58. The van der Waals surface area contributed by atoms with Crippen LogP contribution >= 0.6 is 0 Å². The van der Waals surface area contributed by atoms with Gasteiger partial charge in [0.25, 0.3) is 5.60 Å². The summed E-state index contributed by atoms with van der Waals surface area (Å²) < 4.78 is 83.0. The molecule has 1 aliphatic carbocycles. The minimum atomic E-state index is -5.19. The molecule has 296 valence electrons. The Balaban J connectivity index is 1.52. The highest BCUT2D eigenvalue weighted by atomic mass is 19.4. The molecule has 54 heavy (non-hydrogen) atoms. The highest BCUT2D eigenvalue weighted by Gasteiger charge is 2.68. The first-order valence-electron chi connectivity index (χ1n) is 19.0. The second-order valence-electron chi connectivity index (χ2n) is 16.7. The van der Waals surface area contributed by atoms with Crippen LogP contribution in [0.25, 0.3) is 0 Å². The number of ether oxygens (including phenoxy) is 6. The number of halogens is 3.